The summed E-state index contributed by atoms with van der Waals surface area (Å²) in [6.45, 7) is 0.166. The van der Waals surface area contributed by atoms with Gasteiger partial charge < -0.3 is 5.11 Å². The number of carboxylic acids is 1. The molecular formula is C19H20F3N3O3S2. The van der Waals surface area contributed by atoms with Crippen LogP contribution in [0.15, 0.2) is 22.5 Å². The van der Waals surface area contributed by atoms with Crippen molar-refractivity contribution in [2.24, 2.45) is 5.92 Å². The van der Waals surface area contributed by atoms with Crippen molar-refractivity contribution in [1.82, 2.24) is 4.98 Å². The molecule has 0 aliphatic heterocycles. The summed E-state index contributed by atoms with van der Waals surface area (Å²) in [5.41, 5.74) is -0.339. The topological polar surface area (TPSA) is 82.5 Å². The Hall–Kier alpha value is -2.27. The predicted molar refractivity (Wildman–Crippen MR) is 110 cm³/mol. The number of aromatic nitrogens is 1. The highest BCUT2D eigenvalue weighted by molar-refractivity contribution is 8.01. The van der Waals surface area contributed by atoms with Crippen LogP contribution < -0.4 is 10.2 Å². The first-order chi connectivity index (χ1) is 14.3. The number of carbonyl (C=O) groups excluding carboxylic acids is 1. The van der Waals surface area contributed by atoms with Crippen LogP contribution in [0.4, 0.5) is 28.8 Å². The Balaban J connectivity index is 1.79. The monoisotopic (exact) mass is 459 g/mol. The van der Waals surface area contributed by atoms with Gasteiger partial charge in [0.15, 0.2) is 22.6 Å². The first-order valence-electron chi connectivity index (χ1n) is 9.37. The number of carboxylic acid groups (broad SMARTS) is 1. The van der Waals surface area contributed by atoms with Crippen molar-refractivity contribution in [3.05, 3.63) is 35.8 Å². The van der Waals surface area contributed by atoms with E-state index in [1.807, 2.05) is 0 Å². The Morgan fingerprint density at radius 2 is 1.93 bits per heavy atom. The molecule has 2 amide bonds. The quantitative estimate of drug-likeness (QED) is 0.431. The highest BCUT2D eigenvalue weighted by atomic mass is 32.2. The van der Waals surface area contributed by atoms with E-state index in [4.69, 9.17) is 5.11 Å². The zero-order valence-corrected chi connectivity index (χ0v) is 17.5. The smallest absolute Gasteiger partial charge is 0.328 e. The molecule has 0 radical (unpaired) electrons. The van der Waals surface area contributed by atoms with E-state index in [9.17, 15) is 22.8 Å². The average Bonchev–Trinajstić information content (AvgIpc) is 3.17. The standard InChI is InChI=1S/C19H20F3N3O3S2/c20-12-6-7-13(17(22)16(12)21)25(9-11-4-2-1-3-5-11)19(28)24-18-23-8-15(30-18)29-10-14(26)27/h6-8,11H,1-5,9-10H2,(H,26,27)(H,23,24,28). The number of halogens is 3. The number of benzene rings is 1. The van der Waals surface area contributed by atoms with Gasteiger partial charge in [-0.3, -0.25) is 15.0 Å². The fourth-order valence-electron chi connectivity index (χ4n) is 3.32. The van der Waals surface area contributed by atoms with Crippen LogP contribution in [0.3, 0.4) is 0 Å². The SMILES string of the molecule is O=C(O)CSc1cnc(NC(=O)N(CC2CCCCC2)c2ccc(F)c(F)c2F)s1. The van der Waals surface area contributed by atoms with Gasteiger partial charge in [0.1, 0.15) is 0 Å². The lowest BCUT2D eigenvalue weighted by Gasteiger charge is -2.30. The Morgan fingerprint density at radius 1 is 1.20 bits per heavy atom. The minimum absolute atomic E-state index is 0.120. The number of rotatable bonds is 7. The second-order valence-electron chi connectivity index (χ2n) is 6.91. The zero-order chi connectivity index (χ0) is 21.7. The molecule has 3 rings (SSSR count). The molecule has 2 N–H and O–H groups in total. The van der Waals surface area contributed by atoms with Crippen LogP contribution >= 0.6 is 23.1 Å². The maximum Gasteiger partial charge on any atom is 0.328 e. The lowest BCUT2D eigenvalue weighted by atomic mass is 9.89. The average molecular weight is 460 g/mol. The Labute approximate surface area is 179 Å². The summed E-state index contributed by atoms with van der Waals surface area (Å²) in [5, 5.41) is 11.5. The first-order valence-corrected chi connectivity index (χ1v) is 11.2. The van der Waals surface area contributed by atoms with Gasteiger partial charge in [0.2, 0.25) is 0 Å². The summed E-state index contributed by atoms with van der Waals surface area (Å²) in [6.07, 6.45) is 6.24. The van der Waals surface area contributed by atoms with Crippen LogP contribution in [-0.4, -0.2) is 34.4 Å². The number of thiazole rings is 1. The summed E-state index contributed by atoms with van der Waals surface area (Å²) in [6, 6.07) is 1.13. The van der Waals surface area contributed by atoms with Crippen molar-refractivity contribution in [2.75, 3.05) is 22.5 Å². The molecule has 0 spiro atoms. The third-order valence-corrected chi connectivity index (χ3v) is 6.84. The van der Waals surface area contributed by atoms with Crippen LogP contribution in [0.2, 0.25) is 0 Å². The van der Waals surface area contributed by atoms with E-state index >= 15 is 0 Å². The van der Waals surface area contributed by atoms with E-state index < -0.39 is 29.5 Å². The molecule has 1 aromatic carbocycles. The van der Waals surface area contributed by atoms with Crippen LogP contribution in [0, 0.1) is 23.4 Å². The van der Waals surface area contributed by atoms with Crippen molar-refractivity contribution < 1.29 is 27.9 Å². The molecule has 11 heteroatoms. The number of nitrogens with one attached hydrogen (secondary N) is 1. The van der Waals surface area contributed by atoms with Crippen molar-refractivity contribution in [2.45, 2.75) is 36.3 Å². The first kappa shape index (κ1) is 22.4. The van der Waals surface area contributed by atoms with Crippen LogP contribution in [0.25, 0.3) is 0 Å². The number of aliphatic carboxylic acids is 1. The second-order valence-corrected chi connectivity index (χ2v) is 9.21. The zero-order valence-electron chi connectivity index (χ0n) is 15.9. The number of carbonyl (C=O) groups is 2. The number of thioether (sulfide) groups is 1. The molecular weight excluding hydrogens is 439 g/mol. The highest BCUT2D eigenvalue weighted by Crippen LogP contribution is 2.31. The van der Waals surface area contributed by atoms with Crippen molar-refractivity contribution in [3.63, 3.8) is 0 Å². The molecule has 1 heterocycles. The van der Waals surface area contributed by atoms with E-state index in [-0.39, 0.29) is 29.0 Å². The molecule has 30 heavy (non-hydrogen) atoms. The molecule has 0 saturated heterocycles. The van der Waals surface area contributed by atoms with Gasteiger partial charge in [-0.25, -0.2) is 22.9 Å². The molecule has 0 atom stereocenters. The van der Waals surface area contributed by atoms with E-state index in [1.165, 1.54) is 6.20 Å². The van der Waals surface area contributed by atoms with Gasteiger partial charge in [-0.2, -0.15) is 0 Å². The molecule has 162 valence electrons. The van der Waals surface area contributed by atoms with Crippen LogP contribution in [0.5, 0.6) is 0 Å². The third-order valence-electron chi connectivity index (χ3n) is 4.75. The van der Waals surface area contributed by atoms with Crippen LogP contribution in [-0.2, 0) is 4.79 Å². The van der Waals surface area contributed by atoms with E-state index in [2.05, 4.69) is 10.3 Å². The van der Waals surface area contributed by atoms with E-state index in [0.717, 1.165) is 72.2 Å². The van der Waals surface area contributed by atoms with Crippen LogP contribution in [0.1, 0.15) is 32.1 Å². The fraction of sp³-hybridized carbons (Fsp3) is 0.421. The maximum atomic E-state index is 14.4. The minimum Gasteiger partial charge on any atom is -0.481 e. The third kappa shape index (κ3) is 5.66. The number of anilines is 2. The molecule has 6 nitrogen and oxygen atoms in total. The van der Waals surface area contributed by atoms with Gasteiger partial charge in [-0.1, -0.05) is 30.6 Å². The summed E-state index contributed by atoms with van der Waals surface area (Å²) >= 11 is 2.13. The molecule has 2 aromatic rings. The van der Waals surface area contributed by atoms with Crippen molar-refractivity contribution in [1.29, 1.82) is 0 Å². The summed E-state index contributed by atoms with van der Waals surface area (Å²) in [7, 11) is 0. The summed E-state index contributed by atoms with van der Waals surface area (Å²) < 4.78 is 42.2. The highest BCUT2D eigenvalue weighted by Gasteiger charge is 2.27. The largest absolute Gasteiger partial charge is 0.481 e. The molecule has 1 saturated carbocycles. The van der Waals surface area contributed by atoms with Gasteiger partial charge in [-0.05, 0) is 30.9 Å². The Morgan fingerprint density at radius 3 is 2.63 bits per heavy atom. The maximum absolute atomic E-state index is 14.4. The molecule has 1 aliphatic carbocycles. The van der Waals surface area contributed by atoms with Gasteiger partial charge >= 0.3 is 12.0 Å². The van der Waals surface area contributed by atoms with Gasteiger partial charge in [0.25, 0.3) is 0 Å². The normalized spacial score (nSPS) is 14.5. The molecule has 1 aromatic heterocycles. The lowest BCUT2D eigenvalue weighted by Crippen LogP contribution is -2.40. The number of amides is 2. The van der Waals surface area contributed by atoms with E-state index in [0.29, 0.717) is 4.21 Å². The summed E-state index contributed by atoms with van der Waals surface area (Å²) in [4.78, 5) is 28.7. The predicted octanol–water partition coefficient (Wildman–Crippen LogP) is 5.36. The molecule has 0 unspecified atom stereocenters. The molecule has 0 bridgehead atoms. The number of hydrogen-bond donors (Lipinski definition) is 2. The second kappa shape index (κ2) is 10.2. The van der Waals surface area contributed by atoms with E-state index in [1.54, 1.807) is 0 Å². The van der Waals surface area contributed by atoms with Crippen molar-refractivity contribution in [3.8, 4) is 0 Å². The van der Waals surface area contributed by atoms with Gasteiger partial charge in [0.05, 0.1) is 21.8 Å². The molecule has 1 fully saturated rings. The Kier molecular flexibility index (Phi) is 7.59. The lowest BCUT2D eigenvalue weighted by molar-refractivity contribution is -0.133. The van der Waals surface area contributed by atoms with Gasteiger partial charge in [-0.15, -0.1) is 11.8 Å². The van der Waals surface area contributed by atoms with Gasteiger partial charge in [0, 0.05) is 6.54 Å². The summed E-state index contributed by atoms with van der Waals surface area (Å²) in [5.74, 6) is -5.38. The molecule has 1 aliphatic rings. The Bertz CT molecular complexity index is 920. The number of nitrogens with zero attached hydrogens (tertiary/aromatic N) is 2. The minimum atomic E-state index is -1.63. The van der Waals surface area contributed by atoms with Crippen molar-refractivity contribution >= 4 is 45.9 Å². The number of hydrogen-bond acceptors (Lipinski definition) is 5. The number of urea groups is 1. The fourth-order valence-corrected chi connectivity index (χ4v) is 4.90.